The summed E-state index contributed by atoms with van der Waals surface area (Å²) in [6, 6.07) is 3.34. The summed E-state index contributed by atoms with van der Waals surface area (Å²) in [4.78, 5) is 2.51. The van der Waals surface area contributed by atoms with Crippen molar-refractivity contribution in [3.05, 3.63) is 18.0 Å². The van der Waals surface area contributed by atoms with Gasteiger partial charge in [0.15, 0.2) is 0 Å². The fourth-order valence-electron chi connectivity index (χ4n) is 2.05. The lowest BCUT2D eigenvalue weighted by Crippen LogP contribution is -2.44. The molecule has 3 nitrogen and oxygen atoms in total. The molecule has 0 aromatic carbocycles. The fraction of sp³-hybridized carbons (Fsp3) is 0.700. The van der Waals surface area contributed by atoms with E-state index in [4.69, 9.17) is 0 Å². The maximum Gasteiger partial charge on any atom is 0.0566 e. The summed E-state index contributed by atoms with van der Waals surface area (Å²) >= 11 is 0. The Morgan fingerprint density at radius 2 is 2.31 bits per heavy atom. The number of fused-ring (bicyclic) bond motifs is 1. The Morgan fingerprint density at radius 3 is 3.00 bits per heavy atom. The molecule has 0 aliphatic carbocycles. The van der Waals surface area contributed by atoms with Gasteiger partial charge >= 0.3 is 0 Å². The monoisotopic (exact) mass is 179 g/mol. The van der Waals surface area contributed by atoms with Gasteiger partial charge in [-0.05, 0) is 26.8 Å². The minimum absolute atomic E-state index is 0.604. The minimum Gasteiger partial charge on any atom is -0.291 e. The maximum absolute atomic E-state index is 4.29. The smallest absolute Gasteiger partial charge is 0.0566 e. The van der Waals surface area contributed by atoms with Gasteiger partial charge in [-0.25, -0.2) is 0 Å². The van der Waals surface area contributed by atoms with Crippen molar-refractivity contribution in [3.8, 4) is 0 Å². The molecule has 0 bridgehead atoms. The van der Waals surface area contributed by atoms with Gasteiger partial charge < -0.3 is 0 Å². The van der Waals surface area contributed by atoms with E-state index in [-0.39, 0.29) is 0 Å². The number of hydrogen-bond donors (Lipinski definition) is 0. The van der Waals surface area contributed by atoms with Gasteiger partial charge in [-0.3, -0.25) is 9.58 Å². The van der Waals surface area contributed by atoms with Crippen LogP contribution in [-0.2, 0) is 13.1 Å². The lowest BCUT2D eigenvalue weighted by Gasteiger charge is -2.36. The lowest BCUT2D eigenvalue weighted by atomic mass is 10.1. The number of nitrogens with zero attached hydrogens (tertiary/aromatic N) is 3. The molecule has 0 saturated carbocycles. The van der Waals surface area contributed by atoms with Gasteiger partial charge in [-0.2, -0.15) is 5.10 Å². The molecule has 0 N–H and O–H groups in total. The molecule has 2 rings (SSSR count). The van der Waals surface area contributed by atoms with Gasteiger partial charge in [0.2, 0.25) is 0 Å². The van der Waals surface area contributed by atoms with Gasteiger partial charge in [0.1, 0.15) is 0 Å². The quantitative estimate of drug-likeness (QED) is 0.651. The molecule has 13 heavy (non-hydrogen) atoms. The van der Waals surface area contributed by atoms with Crippen molar-refractivity contribution in [1.29, 1.82) is 0 Å². The van der Waals surface area contributed by atoms with Crippen LogP contribution in [0.2, 0.25) is 0 Å². The summed E-state index contributed by atoms with van der Waals surface area (Å²) in [5.41, 5.74) is 1.34. The molecule has 1 aliphatic heterocycles. The van der Waals surface area contributed by atoms with E-state index in [1.807, 2.05) is 6.20 Å². The van der Waals surface area contributed by atoms with Crippen molar-refractivity contribution in [2.45, 2.75) is 45.9 Å². The number of rotatable bonds is 1. The topological polar surface area (TPSA) is 21.1 Å². The van der Waals surface area contributed by atoms with Crippen molar-refractivity contribution < 1.29 is 0 Å². The van der Waals surface area contributed by atoms with Crippen LogP contribution in [0.3, 0.4) is 0 Å². The molecule has 1 aromatic heterocycles. The average molecular weight is 179 g/mol. The fourth-order valence-corrected chi connectivity index (χ4v) is 2.05. The molecule has 0 amide bonds. The van der Waals surface area contributed by atoms with Crippen LogP contribution >= 0.6 is 0 Å². The second-order valence-corrected chi connectivity index (χ2v) is 4.12. The Bertz CT molecular complexity index is 290. The second kappa shape index (κ2) is 3.14. The van der Waals surface area contributed by atoms with Crippen LogP contribution < -0.4 is 0 Å². The molecule has 3 heteroatoms. The molecule has 2 heterocycles. The van der Waals surface area contributed by atoms with Gasteiger partial charge in [-0.1, -0.05) is 0 Å². The molecule has 0 unspecified atom stereocenters. The zero-order valence-electron chi connectivity index (χ0n) is 8.57. The van der Waals surface area contributed by atoms with Crippen LogP contribution in [0.1, 0.15) is 26.5 Å². The molecule has 1 aliphatic rings. The summed E-state index contributed by atoms with van der Waals surface area (Å²) in [5, 5.41) is 4.29. The molecule has 0 fully saturated rings. The lowest BCUT2D eigenvalue weighted by molar-refractivity contribution is 0.109. The molecule has 0 spiro atoms. The Kier molecular flexibility index (Phi) is 2.12. The molecule has 0 saturated heterocycles. The first-order valence-corrected chi connectivity index (χ1v) is 4.95. The molecule has 1 aromatic rings. The second-order valence-electron chi connectivity index (χ2n) is 4.12. The molecular weight excluding hydrogens is 162 g/mol. The summed E-state index contributed by atoms with van der Waals surface area (Å²) < 4.78 is 2.11. The third-order valence-corrected chi connectivity index (χ3v) is 2.82. The van der Waals surface area contributed by atoms with Gasteiger partial charge in [0.25, 0.3) is 0 Å². The van der Waals surface area contributed by atoms with Crippen LogP contribution in [-0.4, -0.2) is 26.8 Å². The molecule has 72 valence electrons. The predicted octanol–water partition coefficient (Wildman–Crippen LogP) is 1.50. The molecule has 0 radical (unpaired) electrons. The summed E-state index contributed by atoms with van der Waals surface area (Å²) in [7, 11) is 0. The van der Waals surface area contributed by atoms with E-state index in [1.54, 1.807) is 0 Å². The highest BCUT2D eigenvalue weighted by Gasteiger charge is 2.24. The van der Waals surface area contributed by atoms with Crippen molar-refractivity contribution in [2.75, 3.05) is 0 Å². The Balaban J connectivity index is 2.22. The zero-order valence-corrected chi connectivity index (χ0v) is 8.57. The van der Waals surface area contributed by atoms with Crippen LogP contribution in [0.5, 0.6) is 0 Å². The van der Waals surface area contributed by atoms with Gasteiger partial charge in [0.05, 0.1) is 12.2 Å². The average Bonchev–Trinajstić information content (AvgIpc) is 2.48. The summed E-state index contributed by atoms with van der Waals surface area (Å²) in [5.74, 6) is 0. The van der Waals surface area contributed by atoms with E-state index < -0.39 is 0 Å². The Morgan fingerprint density at radius 1 is 1.54 bits per heavy atom. The van der Waals surface area contributed by atoms with Crippen LogP contribution in [0, 0.1) is 0 Å². The van der Waals surface area contributed by atoms with Gasteiger partial charge in [-0.15, -0.1) is 0 Å². The van der Waals surface area contributed by atoms with E-state index in [0.29, 0.717) is 12.1 Å². The highest BCUT2D eigenvalue weighted by molar-refractivity contribution is 5.04. The van der Waals surface area contributed by atoms with Gasteiger partial charge in [0, 0.05) is 24.8 Å². The molecule has 1 atom stereocenters. The normalized spacial score (nSPS) is 23.5. The first-order chi connectivity index (χ1) is 6.18. The third-order valence-electron chi connectivity index (χ3n) is 2.82. The predicted molar refractivity (Wildman–Crippen MR) is 52.4 cm³/mol. The van der Waals surface area contributed by atoms with Crippen LogP contribution in [0.25, 0.3) is 0 Å². The van der Waals surface area contributed by atoms with Crippen molar-refractivity contribution >= 4 is 0 Å². The summed E-state index contributed by atoms with van der Waals surface area (Å²) in [6.07, 6.45) is 1.89. The highest BCUT2D eigenvalue weighted by Crippen LogP contribution is 2.18. The minimum atomic E-state index is 0.604. The number of hydrogen-bond acceptors (Lipinski definition) is 2. The third kappa shape index (κ3) is 1.48. The van der Waals surface area contributed by atoms with E-state index in [0.717, 1.165) is 13.1 Å². The maximum atomic E-state index is 4.29. The number of aromatic nitrogens is 2. The zero-order chi connectivity index (χ0) is 9.42. The molecular formula is C10H17N3. The highest BCUT2D eigenvalue weighted by atomic mass is 15.3. The van der Waals surface area contributed by atoms with Crippen LogP contribution in [0.15, 0.2) is 12.3 Å². The largest absolute Gasteiger partial charge is 0.291 e. The first-order valence-electron chi connectivity index (χ1n) is 4.95. The first kappa shape index (κ1) is 8.75. The van der Waals surface area contributed by atoms with Crippen LogP contribution in [0.4, 0.5) is 0 Å². The van der Waals surface area contributed by atoms with E-state index in [2.05, 4.69) is 41.5 Å². The van der Waals surface area contributed by atoms with E-state index in [9.17, 15) is 0 Å². The van der Waals surface area contributed by atoms with Crippen molar-refractivity contribution in [1.82, 2.24) is 14.7 Å². The standard InChI is InChI=1S/C10H17N3/c1-8(2)12-7-10-4-5-11-13(10)6-9(12)3/h4-5,8-9H,6-7H2,1-3H3/t9-/m0/s1. The Labute approximate surface area is 79.3 Å². The van der Waals surface area contributed by atoms with E-state index >= 15 is 0 Å². The van der Waals surface area contributed by atoms with E-state index in [1.165, 1.54) is 5.69 Å². The van der Waals surface area contributed by atoms with Crippen molar-refractivity contribution in [3.63, 3.8) is 0 Å². The Hall–Kier alpha value is -0.830. The summed E-state index contributed by atoms with van der Waals surface area (Å²) in [6.45, 7) is 8.84. The SMILES string of the molecule is CC(C)N1Cc2ccnn2C[C@@H]1C. The van der Waals surface area contributed by atoms with Crippen molar-refractivity contribution in [2.24, 2.45) is 0 Å².